The van der Waals surface area contributed by atoms with E-state index in [9.17, 15) is 9.59 Å². The average Bonchev–Trinajstić information content (AvgIpc) is 3.11. The Hall–Kier alpha value is -2.63. The number of nitrogens with one attached hydrogen (secondary N) is 1. The van der Waals surface area contributed by atoms with Gasteiger partial charge in [-0.15, -0.1) is 0 Å². The lowest BCUT2D eigenvalue weighted by Crippen LogP contribution is -2.36. The third-order valence-corrected chi connectivity index (χ3v) is 4.33. The van der Waals surface area contributed by atoms with Crippen LogP contribution in [-0.2, 0) is 18.4 Å². The highest BCUT2D eigenvalue weighted by Gasteiger charge is 2.31. The quantitative estimate of drug-likeness (QED) is 0.877. The van der Waals surface area contributed by atoms with Gasteiger partial charge in [-0.05, 0) is 17.5 Å². The molecule has 1 aliphatic heterocycles. The first kappa shape index (κ1) is 17.2. The molecule has 0 spiro atoms. The standard InChI is InChI=1S/C19H24N4O2/c1-13(2)10-23(12-14-9-20-22(3)11-14)18(24)8-17-15-6-4-5-7-16(15)19(25)21-17/h4-7,9,11,13,17H,8,10,12H2,1-3H3,(H,21,25). The SMILES string of the molecule is CC(C)CN(Cc1cnn(C)c1)C(=O)CC1NC(=O)c2ccccc21. The van der Waals surface area contributed by atoms with Crippen LogP contribution in [0.1, 0.15) is 47.8 Å². The zero-order valence-electron chi connectivity index (χ0n) is 14.9. The van der Waals surface area contributed by atoms with E-state index in [2.05, 4.69) is 24.3 Å². The normalized spacial score (nSPS) is 16.0. The minimum Gasteiger partial charge on any atom is -0.345 e. The van der Waals surface area contributed by atoms with Gasteiger partial charge < -0.3 is 10.2 Å². The van der Waals surface area contributed by atoms with E-state index in [1.807, 2.05) is 36.3 Å². The molecule has 3 rings (SSSR count). The molecular formula is C19H24N4O2. The van der Waals surface area contributed by atoms with Crippen molar-refractivity contribution in [1.29, 1.82) is 0 Å². The lowest BCUT2D eigenvalue weighted by atomic mass is 10.0. The van der Waals surface area contributed by atoms with Gasteiger partial charge in [-0.1, -0.05) is 32.0 Å². The fourth-order valence-corrected chi connectivity index (χ4v) is 3.26. The molecule has 1 aromatic carbocycles. The molecule has 6 heteroatoms. The number of carbonyl (C=O) groups is 2. The number of aryl methyl sites for hydroxylation is 1. The fourth-order valence-electron chi connectivity index (χ4n) is 3.26. The molecule has 2 heterocycles. The van der Waals surface area contributed by atoms with Crippen molar-refractivity contribution in [3.8, 4) is 0 Å². The Morgan fingerprint density at radius 2 is 2.12 bits per heavy atom. The number of carbonyl (C=O) groups excluding carboxylic acids is 2. The van der Waals surface area contributed by atoms with E-state index in [1.165, 1.54) is 0 Å². The zero-order valence-corrected chi connectivity index (χ0v) is 14.9. The third kappa shape index (κ3) is 3.90. The molecule has 0 bridgehead atoms. The average molecular weight is 340 g/mol. The molecule has 6 nitrogen and oxygen atoms in total. The van der Waals surface area contributed by atoms with E-state index >= 15 is 0 Å². The molecule has 132 valence electrons. The minimum absolute atomic E-state index is 0.0413. The van der Waals surface area contributed by atoms with E-state index < -0.39 is 0 Å². The first-order valence-electron chi connectivity index (χ1n) is 8.59. The molecule has 1 atom stereocenters. The molecule has 2 aromatic rings. The Morgan fingerprint density at radius 1 is 1.36 bits per heavy atom. The van der Waals surface area contributed by atoms with Crippen molar-refractivity contribution in [2.24, 2.45) is 13.0 Å². The number of aromatic nitrogens is 2. The number of benzene rings is 1. The van der Waals surface area contributed by atoms with Gasteiger partial charge in [-0.25, -0.2) is 0 Å². The van der Waals surface area contributed by atoms with Gasteiger partial charge in [0.25, 0.3) is 5.91 Å². The van der Waals surface area contributed by atoms with Crippen LogP contribution in [0, 0.1) is 5.92 Å². The Balaban J connectivity index is 1.73. The largest absolute Gasteiger partial charge is 0.345 e. The highest BCUT2D eigenvalue weighted by atomic mass is 16.2. The van der Waals surface area contributed by atoms with Crippen LogP contribution in [0.15, 0.2) is 36.7 Å². The van der Waals surface area contributed by atoms with Crippen molar-refractivity contribution < 1.29 is 9.59 Å². The number of hydrogen-bond acceptors (Lipinski definition) is 3. The molecule has 1 aliphatic rings. The second-order valence-electron chi connectivity index (χ2n) is 7.01. The van der Waals surface area contributed by atoms with Crippen molar-refractivity contribution >= 4 is 11.8 Å². The van der Waals surface area contributed by atoms with Gasteiger partial charge in [-0.2, -0.15) is 5.10 Å². The van der Waals surface area contributed by atoms with Gasteiger partial charge in [0.2, 0.25) is 5.91 Å². The topological polar surface area (TPSA) is 67.2 Å². The Bertz CT molecular complexity index is 781. The summed E-state index contributed by atoms with van der Waals surface area (Å²) in [5.74, 6) is 0.307. The summed E-state index contributed by atoms with van der Waals surface area (Å²) >= 11 is 0. The van der Waals surface area contributed by atoms with Crippen LogP contribution < -0.4 is 5.32 Å². The Kier molecular flexibility index (Phi) is 4.88. The maximum Gasteiger partial charge on any atom is 0.252 e. The molecule has 1 N–H and O–H groups in total. The summed E-state index contributed by atoms with van der Waals surface area (Å²) in [5.41, 5.74) is 2.59. The zero-order chi connectivity index (χ0) is 18.0. The van der Waals surface area contributed by atoms with Gasteiger partial charge in [0, 0.05) is 37.5 Å². The predicted octanol–water partition coefficient (Wildman–Crippen LogP) is 2.28. The summed E-state index contributed by atoms with van der Waals surface area (Å²) < 4.78 is 1.74. The van der Waals surface area contributed by atoms with Crippen molar-refractivity contribution in [2.75, 3.05) is 6.54 Å². The van der Waals surface area contributed by atoms with E-state index in [-0.39, 0.29) is 24.3 Å². The van der Waals surface area contributed by atoms with Crippen LogP contribution in [0.5, 0.6) is 0 Å². The van der Waals surface area contributed by atoms with Gasteiger partial charge >= 0.3 is 0 Å². The molecule has 0 radical (unpaired) electrons. The summed E-state index contributed by atoms with van der Waals surface area (Å²) in [6.45, 7) is 5.40. The van der Waals surface area contributed by atoms with Gasteiger partial charge in [0.1, 0.15) is 0 Å². The van der Waals surface area contributed by atoms with Crippen LogP contribution in [0.3, 0.4) is 0 Å². The van der Waals surface area contributed by atoms with Crippen molar-refractivity contribution in [3.05, 3.63) is 53.3 Å². The maximum absolute atomic E-state index is 12.9. The Labute approximate surface area is 147 Å². The lowest BCUT2D eigenvalue weighted by molar-refractivity contribution is -0.132. The minimum atomic E-state index is -0.250. The van der Waals surface area contributed by atoms with Crippen molar-refractivity contribution in [2.45, 2.75) is 32.9 Å². The number of rotatable bonds is 6. The van der Waals surface area contributed by atoms with Crippen LogP contribution >= 0.6 is 0 Å². The molecule has 0 fully saturated rings. The van der Waals surface area contributed by atoms with Crippen molar-refractivity contribution in [3.63, 3.8) is 0 Å². The molecule has 0 saturated heterocycles. The molecular weight excluding hydrogens is 316 g/mol. The summed E-state index contributed by atoms with van der Waals surface area (Å²) in [6, 6.07) is 7.21. The summed E-state index contributed by atoms with van der Waals surface area (Å²) in [4.78, 5) is 26.8. The van der Waals surface area contributed by atoms with Crippen molar-refractivity contribution in [1.82, 2.24) is 20.0 Å². The van der Waals surface area contributed by atoms with Gasteiger partial charge in [0.05, 0.1) is 18.7 Å². The van der Waals surface area contributed by atoms with Crippen LogP contribution in [0.4, 0.5) is 0 Å². The highest BCUT2D eigenvalue weighted by Crippen LogP contribution is 2.28. The van der Waals surface area contributed by atoms with Crippen LogP contribution in [0.2, 0.25) is 0 Å². The first-order valence-corrected chi connectivity index (χ1v) is 8.59. The van der Waals surface area contributed by atoms with Crippen LogP contribution in [0.25, 0.3) is 0 Å². The highest BCUT2D eigenvalue weighted by molar-refractivity contribution is 5.99. The first-order chi connectivity index (χ1) is 11.9. The molecule has 0 saturated carbocycles. The predicted molar refractivity (Wildman–Crippen MR) is 94.7 cm³/mol. The summed E-state index contributed by atoms with van der Waals surface area (Å²) in [5, 5.41) is 7.10. The number of fused-ring (bicyclic) bond motifs is 1. The fraction of sp³-hybridized carbons (Fsp3) is 0.421. The van der Waals surface area contributed by atoms with E-state index in [0.29, 0.717) is 24.6 Å². The molecule has 25 heavy (non-hydrogen) atoms. The second kappa shape index (κ2) is 7.09. The van der Waals surface area contributed by atoms with E-state index in [1.54, 1.807) is 16.9 Å². The number of amides is 2. The third-order valence-electron chi connectivity index (χ3n) is 4.33. The van der Waals surface area contributed by atoms with Gasteiger partial charge in [0.15, 0.2) is 0 Å². The monoisotopic (exact) mass is 340 g/mol. The number of hydrogen-bond donors (Lipinski definition) is 1. The molecule has 0 aliphatic carbocycles. The lowest BCUT2D eigenvalue weighted by Gasteiger charge is -2.25. The summed E-state index contributed by atoms with van der Waals surface area (Å²) in [7, 11) is 1.86. The molecule has 1 unspecified atom stereocenters. The van der Waals surface area contributed by atoms with Gasteiger partial charge in [-0.3, -0.25) is 14.3 Å². The van der Waals surface area contributed by atoms with E-state index in [0.717, 1.165) is 11.1 Å². The smallest absolute Gasteiger partial charge is 0.252 e. The maximum atomic E-state index is 12.9. The number of nitrogens with zero attached hydrogens (tertiary/aromatic N) is 3. The Morgan fingerprint density at radius 3 is 2.80 bits per heavy atom. The molecule has 1 aromatic heterocycles. The van der Waals surface area contributed by atoms with E-state index in [4.69, 9.17) is 0 Å². The van der Waals surface area contributed by atoms with Crippen LogP contribution in [-0.4, -0.2) is 33.0 Å². The summed E-state index contributed by atoms with van der Waals surface area (Å²) in [6.07, 6.45) is 3.98. The second-order valence-corrected chi connectivity index (χ2v) is 7.01. The molecule has 2 amide bonds.